The van der Waals surface area contributed by atoms with Gasteiger partial charge in [0, 0.05) is 29.4 Å². The summed E-state index contributed by atoms with van der Waals surface area (Å²) in [5.74, 6) is 1.14. The van der Waals surface area contributed by atoms with Gasteiger partial charge in [-0.3, -0.25) is 10.1 Å². The van der Waals surface area contributed by atoms with E-state index in [2.05, 4.69) is 0 Å². The van der Waals surface area contributed by atoms with Crippen molar-refractivity contribution < 1.29 is 14.4 Å². The Bertz CT molecular complexity index is 628. The molecule has 20 heavy (non-hydrogen) atoms. The predicted octanol–water partition coefficient (Wildman–Crippen LogP) is 2.76. The largest absolute Gasteiger partial charge is 0.496 e. The van der Waals surface area contributed by atoms with Crippen LogP contribution in [0.15, 0.2) is 42.5 Å². The van der Waals surface area contributed by atoms with E-state index in [4.69, 9.17) is 15.2 Å². The number of anilines is 1. The lowest BCUT2D eigenvalue weighted by Crippen LogP contribution is -2.00. The molecule has 0 aliphatic heterocycles. The zero-order chi connectivity index (χ0) is 14.5. The maximum Gasteiger partial charge on any atom is 0.270 e. The van der Waals surface area contributed by atoms with E-state index >= 15 is 0 Å². The zero-order valence-corrected chi connectivity index (χ0v) is 10.9. The lowest BCUT2D eigenvalue weighted by molar-refractivity contribution is -0.385. The highest BCUT2D eigenvalue weighted by molar-refractivity contribution is 5.45. The Morgan fingerprint density at radius 3 is 2.70 bits per heavy atom. The van der Waals surface area contributed by atoms with E-state index in [0.29, 0.717) is 22.7 Å². The van der Waals surface area contributed by atoms with Crippen molar-refractivity contribution in [3.8, 4) is 11.5 Å². The monoisotopic (exact) mass is 274 g/mol. The molecule has 0 aromatic heterocycles. The fourth-order valence-corrected chi connectivity index (χ4v) is 1.76. The predicted molar refractivity (Wildman–Crippen MR) is 74.8 cm³/mol. The molecule has 2 aromatic carbocycles. The van der Waals surface area contributed by atoms with Gasteiger partial charge in [0.05, 0.1) is 12.0 Å². The van der Waals surface area contributed by atoms with Crippen LogP contribution in [0.1, 0.15) is 5.56 Å². The number of non-ortho nitro benzene ring substituents is 1. The van der Waals surface area contributed by atoms with Crippen LogP contribution in [0.25, 0.3) is 0 Å². The standard InChI is InChI=1S/C14H14N2O4/c1-19-14-6-5-12(16(17)18)7-10(14)9-20-13-4-2-3-11(15)8-13/h2-8H,9,15H2,1H3. The van der Waals surface area contributed by atoms with Gasteiger partial charge < -0.3 is 15.2 Å². The zero-order valence-electron chi connectivity index (χ0n) is 10.9. The highest BCUT2D eigenvalue weighted by atomic mass is 16.6. The quantitative estimate of drug-likeness (QED) is 0.514. The van der Waals surface area contributed by atoms with Crippen molar-refractivity contribution in [2.45, 2.75) is 6.61 Å². The van der Waals surface area contributed by atoms with Crippen molar-refractivity contribution in [1.82, 2.24) is 0 Å². The molecule has 2 aromatic rings. The SMILES string of the molecule is COc1ccc([N+](=O)[O-])cc1COc1cccc(N)c1. The van der Waals surface area contributed by atoms with Crippen molar-refractivity contribution in [1.29, 1.82) is 0 Å². The summed E-state index contributed by atoms with van der Waals surface area (Å²) in [6.45, 7) is 0.161. The summed E-state index contributed by atoms with van der Waals surface area (Å²) in [5, 5.41) is 10.8. The van der Waals surface area contributed by atoms with Gasteiger partial charge in [-0.05, 0) is 18.2 Å². The van der Waals surface area contributed by atoms with Gasteiger partial charge in [-0.1, -0.05) is 6.07 Å². The minimum absolute atomic E-state index is 0.00280. The minimum atomic E-state index is -0.455. The molecule has 104 valence electrons. The summed E-state index contributed by atoms with van der Waals surface area (Å²) in [6.07, 6.45) is 0. The summed E-state index contributed by atoms with van der Waals surface area (Å²) in [5.41, 5.74) is 6.84. The number of nitrogens with zero attached hydrogens (tertiary/aromatic N) is 1. The topological polar surface area (TPSA) is 87.6 Å². The van der Waals surface area contributed by atoms with Crippen LogP contribution in [0, 0.1) is 10.1 Å². The average Bonchev–Trinajstić information content (AvgIpc) is 2.44. The van der Waals surface area contributed by atoms with Crippen molar-refractivity contribution in [3.63, 3.8) is 0 Å². The minimum Gasteiger partial charge on any atom is -0.496 e. The van der Waals surface area contributed by atoms with Gasteiger partial charge in [-0.2, -0.15) is 0 Å². The third kappa shape index (κ3) is 3.17. The summed E-state index contributed by atoms with van der Waals surface area (Å²) < 4.78 is 10.7. The van der Waals surface area contributed by atoms with Crippen LogP contribution < -0.4 is 15.2 Å². The average molecular weight is 274 g/mol. The fraction of sp³-hybridized carbons (Fsp3) is 0.143. The van der Waals surface area contributed by atoms with Gasteiger partial charge in [-0.15, -0.1) is 0 Å². The molecular weight excluding hydrogens is 260 g/mol. The lowest BCUT2D eigenvalue weighted by Gasteiger charge is -2.10. The number of nitrogens with two attached hydrogens (primary N) is 1. The molecule has 0 fully saturated rings. The van der Waals surface area contributed by atoms with Crippen LogP contribution in [0.5, 0.6) is 11.5 Å². The van der Waals surface area contributed by atoms with Crippen molar-refractivity contribution in [3.05, 3.63) is 58.1 Å². The molecule has 0 radical (unpaired) electrons. The van der Waals surface area contributed by atoms with Crippen LogP contribution in [0.4, 0.5) is 11.4 Å². The van der Waals surface area contributed by atoms with E-state index in [-0.39, 0.29) is 12.3 Å². The number of methoxy groups -OCH3 is 1. The van der Waals surface area contributed by atoms with Crippen LogP contribution in [0.3, 0.4) is 0 Å². The Morgan fingerprint density at radius 2 is 2.05 bits per heavy atom. The Morgan fingerprint density at radius 1 is 1.25 bits per heavy atom. The number of hydrogen-bond donors (Lipinski definition) is 1. The maximum atomic E-state index is 10.8. The number of rotatable bonds is 5. The van der Waals surface area contributed by atoms with Crippen molar-refractivity contribution in [2.75, 3.05) is 12.8 Å². The van der Waals surface area contributed by atoms with Gasteiger partial charge in [-0.25, -0.2) is 0 Å². The summed E-state index contributed by atoms with van der Waals surface area (Å²) >= 11 is 0. The molecule has 0 atom stereocenters. The number of ether oxygens (including phenoxy) is 2. The molecule has 0 saturated heterocycles. The van der Waals surface area contributed by atoms with Gasteiger partial charge in [0.25, 0.3) is 5.69 Å². The first-order valence-corrected chi connectivity index (χ1v) is 5.90. The van der Waals surface area contributed by atoms with Gasteiger partial charge in [0.2, 0.25) is 0 Å². The van der Waals surface area contributed by atoms with Gasteiger partial charge in [0.1, 0.15) is 18.1 Å². The second kappa shape index (κ2) is 5.92. The van der Waals surface area contributed by atoms with E-state index in [0.717, 1.165) is 0 Å². The Hall–Kier alpha value is -2.76. The van der Waals surface area contributed by atoms with Crippen LogP contribution >= 0.6 is 0 Å². The van der Waals surface area contributed by atoms with Crippen LogP contribution in [-0.4, -0.2) is 12.0 Å². The first-order valence-electron chi connectivity index (χ1n) is 5.90. The number of nitro benzene ring substituents is 1. The van der Waals surface area contributed by atoms with E-state index in [1.807, 2.05) is 0 Å². The first kappa shape index (κ1) is 13.7. The van der Waals surface area contributed by atoms with E-state index in [1.165, 1.54) is 19.2 Å². The normalized spacial score (nSPS) is 10.1. The van der Waals surface area contributed by atoms with Gasteiger partial charge in [0.15, 0.2) is 0 Å². The van der Waals surface area contributed by atoms with Gasteiger partial charge >= 0.3 is 0 Å². The molecule has 0 heterocycles. The number of nitrogen functional groups attached to an aromatic ring is 1. The van der Waals surface area contributed by atoms with Crippen molar-refractivity contribution in [2.24, 2.45) is 0 Å². The van der Waals surface area contributed by atoms with Crippen LogP contribution in [-0.2, 0) is 6.61 Å². The molecule has 2 N–H and O–H groups in total. The lowest BCUT2D eigenvalue weighted by atomic mass is 10.2. The number of benzene rings is 2. The second-order valence-electron chi connectivity index (χ2n) is 4.11. The first-order chi connectivity index (χ1) is 9.60. The maximum absolute atomic E-state index is 10.8. The molecule has 0 spiro atoms. The van der Waals surface area contributed by atoms with Crippen molar-refractivity contribution >= 4 is 11.4 Å². The Labute approximate surface area is 115 Å². The molecule has 0 saturated carbocycles. The summed E-state index contributed by atoms with van der Waals surface area (Å²) in [6, 6.07) is 11.4. The summed E-state index contributed by atoms with van der Waals surface area (Å²) in [7, 11) is 1.51. The second-order valence-corrected chi connectivity index (χ2v) is 4.11. The highest BCUT2D eigenvalue weighted by Gasteiger charge is 2.11. The third-order valence-corrected chi connectivity index (χ3v) is 2.73. The van der Waals surface area contributed by atoms with E-state index in [9.17, 15) is 10.1 Å². The Kier molecular flexibility index (Phi) is 4.05. The summed E-state index contributed by atoms with van der Waals surface area (Å²) in [4.78, 5) is 10.3. The molecule has 0 unspecified atom stereocenters. The number of nitro groups is 1. The fourth-order valence-electron chi connectivity index (χ4n) is 1.76. The van der Waals surface area contributed by atoms with E-state index < -0.39 is 4.92 Å². The highest BCUT2D eigenvalue weighted by Crippen LogP contribution is 2.25. The molecule has 6 heteroatoms. The molecule has 0 bridgehead atoms. The molecule has 0 aliphatic rings. The van der Waals surface area contributed by atoms with E-state index in [1.54, 1.807) is 30.3 Å². The van der Waals surface area contributed by atoms with Crippen LogP contribution in [0.2, 0.25) is 0 Å². The third-order valence-electron chi connectivity index (χ3n) is 2.73. The Balaban J connectivity index is 2.19. The molecule has 0 amide bonds. The number of hydrogen-bond acceptors (Lipinski definition) is 5. The molecule has 0 aliphatic carbocycles. The molecule has 2 rings (SSSR count). The molecular formula is C14H14N2O4. The smallest absolute Gasteiger partial charge is 0.270 e. The molecule has 6 nitrogen and oxygen atoms in total.